The lowest BCUT2D eigenvalue weighted by atomic mass is 9.93. The largest absolute Gasteiger partial charge is 0.508 e. The molecule has 0 fully saturated rings. The fourth-order valence-electron chi connectivity index (χ4n) is 2.71. The Morgan fingerprint density at radius 1 is 0.850 bits per heavy atom. The number of phenolic OH excluding ortho intramolecular Hbond substituents is 1. The van der Waals surface area contributed by atoms with Gasteiger partial charge in [0.05, 0.1) is 6.04 Å². The lowest BCUT2D eigenvalue weighted by Gasteiger charge is -2.20. The van der Waals surface area contributed by atoms with Crippen LogP contribution < -0.4 is 5.32 Å². The van der Waals surface area contributed by atoms with Crippen molar-refractivity contribution in [3.63, 3.8) is 0 Å². The Morgan fingerprint density at radius 2 is 1.55 bits per heavy atom. The molecule has 0 heterocycles. The van der Waals surface area contributed by atoms with Gasteiger partial charge in [-0.1, -0.05) is 60.7 Å². The first-order valence-electron chi connectivity index (χ1n) is 6.74. The van der Waals surface area contributed by atoms with Gasteiger partial charge in [0.25, 0.3) is 0 Å². The van der Waals surface area contributed by atoms with Crippen molar-refractivity contribution in [3.8, 4) is 5.75 Å². The van der Waals surface area contributed by atoms with E-state index < -0.39 is 0 Å². The molecule has 3 rings (SSSR count). The van der Waals surface area contributed by atoms with Crippen molar-refractivity contribution in [1.82, 2.24) is 5.32 Å². The molecule has 0 spiro atoms. The van der Waals surface area contributed by atoms with E-state index in [9.17, 15) is 5.11 Å². The van der Waals surface area contributed by atoms with E-state index in [1.54, 1.807) is 6.07 Å². The number of phenols is 1. The average molecular weight is 263 g/mol. The molecule has 20 heavy (non-hydrogen) atoms. The molecule has 0 radical (unpaired) electrons. The fourth-order valence-corrected chi connectivity index (χ4v) is 2.71. The second-order valence-electron chi connectivity index (χ2n) is 4.85. The summed E-state index contributed by atoms with van der Waals surface area (Å²) in [6.45, 7) is 0. The van der Waals surface area contributed by atoms with Gasteiger partial charge in [-0.2, -0.15) is 0 Å². The molecule has 0 bridgehead atoms. The summed E-state index contributed by atoms with van der Waals surface area (Å²) in [5.74, 6) is 0.326. The minimum atomic E-state index is -0.0256. The Labute approximate surface area is 118 Å². The number of hydrogen-bond donors (Lipinski definition) is 2. The van der Waals surface area contributed by atoms with Crippen LogP contribution in [0.15, 0.2) is 66.7 Å². The summed E-state index contributed by atoms with van der Waals surface area (Å²) in [6, 6.07) is 22.0. The molecule has 0 aliphatic carbocycles. The first-order chi connectivity index (χ1) is 9.81. The van der Waals surface area contributed by atoms with Crippen LogP contribution >= 0.6 is 0 Å². The number of benzene rings is 3. The van der Waals surface area contributed by atoms with Crippen LogP contribution in [0, 0.1) is 0 Å². The monoisotopic (exact) mass is 263 g/mol. The zero-order chi connectivity index (χ0) is 13.9. The van der Waals surface area contributed by atoms with Crippen LogP contribution in [0.5, 0.6) is 5.75 Å². The van der Waals surface area contributed by atoms with E-state index >= 15 is 0 Å². The molecule has 3 aromatic carbocycles. The van der Waals surface area contributed by atoms with E-state index in [1.165, 1.54) is 0 Å². The van der Waals surface area contributed by atoms with E-state index in [2.05, 4.69) is 29.6 Å². The van der Waals surface area contributed by atoms with E-state index in [0.717, 1.165) is 21.9 Å². The Bertz CT molecular complexity index is 722. The minimum Gasteiger partial charge on any atom is -0.508 e. The smallest absolute Gasteiger partial charge is 0.121 e. The number of aromatic hydroxyl groups is 1. The Balaban J connectivity index is 2.24. The highest BCUT2D eigenvalue weighted by Gasteiger charge is 2.18. The molecule has 0 saturated heterocycles. The molecule has 2 nitrogen and oxygen atoms in total. The SMILES string of the molecule is CN[C@H](c1ccccc1)c1c(O)ccc2ccccc12. The van der Waals surface area contributed by atoms with Crippen LogP contribution in [0.3, 0.4) is 0 Å². The van der Waals surface area contributed by atoms with Gasteiger partial charge in [0.15, 0.2) is 0 Å². The molecule has 0 saturated carbocycles. The standard InChI is InChI=1S/C18H17NO/c1-19-18(14-8-3-2-4-9-14)17-15-10-6-5-7-13(15)11-12-16(17)20/h2-12,18-20H,1H3/t18-/m1/s1. The molecule has 2 heteroatoms. The van der Waals surface area contributed by atoms with Crippen molar-refractivity contribution in [3.05, 3.63) is 77.9 Å². The van der Waals surface area contributed by atoms with Gasteiger partial charge in [-0.25, -0.2) is 0 Å². The van der Waals surface area contributed by atoms with E-state index in [-0.39, 0.29) is 6.04 Å². The van der Waals surface area contributed by atoms with Crippen LogP contribution in [-0.4, -0.2) is 12.2 Å². The van der Waals surface area contributed by atoms with Crippen LogP contribution in [0.4, 0.5) is 0 Å². The summed E-state index contributed by atoms with van der Waals surface area (Å²) >= 11 is 0. The maximum Gasteiger partial charge on any atom is 0.121 e. The van der Waals surface area contributed by atoms with Crippen molar-refractivity contribution >= 4 is 10.8 Å². The summed E-state index contributed by atoms with van der Waals surface area (Å²) in [4.78, 5) is 0. The van der Waals surface area contributed by atoms with Crippen molar-refractivity contribution in [2.75, 3.05) is 7.05 Å². The minimum absolute atomic E-state index is 0.0256. The number of fused-ring (bicyclic) bond motifs is 1. The topological polar surface area (TPSA) is 32.3 Å². The molecular formula is C18H17NO. The molecular weight excluding hydrogens is 246 g/mol. The summed E-state index contributed by atoms with van der Waals surface area (Å²) in [5.41, 5.74) is 2.07. The second-order valence-corrected chi connectivity index (χ2v) is 4.85. The predicted octanol–water partition coefficient (Wildman–Crippen LogP) is 3.85. The molecule has 0 aliphatic rings. The maximum atomic E-state index is 10.3. The van der Waals surface area contributed by atoms with Gasteiger partial charge < -0.3 is 10.4 Å². The van der Waals surface area contributed by atoms with E-state index in [1.807, 2.05) is 43.4 Å². The van der Waals surface area contributed by atoms with Gasteiger partial charge >= 0.3 is 0 Å². The molecule has 100 valence electrons. The quantitative estimate of drug-likeness (QED) is 0.752. The first-order valence-corrected chi connectivity index (χ1v) is 6.74. The summed E-state index contributed by atoms with van der Waals surface area (Å²) in [6.07, 6.45) is 0. The maximum absolute atomic E-state index is 10.3. The highest BCUT2D eigenvalue weighted by Crippen LogP contribution is 2.35. The lowest BCUT2D eigenvalue weighted by Crippen LogP contribution is -2.18. The van der Waals surface area contributed by atoms with Crippen molar-refractivity contribution in [2.45, 2.75) is 6.04 Å². The van der Waals surface area contributed by atoms with Crippen LogP contribution in [0.25, 0.3) is 10.8 Å². The average Bonchev–Trinajstić information content (AvgIpc) is 2.51. The number of rotatable bonds is 3. The van der Waals surface area contributed by atoms with Gasteiger partial charge in [-0.15, -0.1) is 0 Å². The molecule has 0 unspecified atom stereocenters. The molecule has 1 atom stereocenters. The molecule has 0 aliphatic heterocycles. The van der Waals surface area contributed by atoms with Crippen LogP contribution in [0.2, 0.25) is 0 Å². The highest BCUT2D eigenvalue weighted by molar-refractivity contribution is 5.88. The fraction of sp³-hybridized carbons (Fsp3) is 0.111. The first kappa shape index (κ1) is 12.7. The third-order valence-corrected chi connectivity index (χ3v) is 3.66. The highest BCUT2D eigenvalue weighted by atomic mass is 16.3. The normalized spacial score (nSPS) is 12.4. The summed E-state index contributed by atoms with van der Waals surface area (Å²) in [5, 5.41) is 15.9. The van der Waals surface area contributed by atoms with E-state index in [0.29, 0.717) is 5.75 Å². The number of nitrogens with one attached hydrogen (secondary N) is 1. The third-order valence-electron chi connectivity index (χ3n) is 3.66. The zero-order valence-corrected chi connectivity index (χ0v) is 11.4. The lowest BCUT2D eigenvalue weighted by molar-refractivity contribution is 0.462. The van der Waals surface area contributed by atoms with Crippen molar-refractivity contribution in [2.24, 2.45) is 0 Å². The van der Waals surface area contributed by atoms with Gasteiger partial charge in [-0.3, -0.25) is 0 Å². The third kappa shape index (κ3) is 2.15. The van der Waals surface area contributed by atoms with Gasteiger partial charge in [-0.05, 0) is 29.4 Å². The van der Waals surface area contributed by atoms with Gasteiger partial charge in [0, 0.05) is 5.56 Å². The van der Waals surface area contributed by atoms with Gasteiger partial charge in [0.1, 0.15) is 5.75 Å². The van der Waals surface area contributed by atoms with E-state index in [4.69, 9.17) is 0 Å². The van der Waals surface area contributed by atoms with Gasteiger partial charge in [0.2, 0.25) is 0 Å². The molecule has 0 aromatic heterocycles. The Kier molecular flexibility index (Phi) is 3.40. The Morgan fingerprint density at radius 3 is 2.30 bits per heavy atom. The van der Waals surface area contributed by atoms with Crippen LogP contribution in [0.1, 0.15) is 17.2 Å². The van der Waals surface area contributed by atoms with Crippen molar-refractivity contribution < 1.29 is 5.11 Å². The molecule has 3 aromatic rings. The van der Waals surface area contributed by atoms with Crippen molar-refractivity contribution in [1.29, 1.82) is 0 Å². The Hall–Kier alpha value is -2.32. The zero-order valence-electron chi connectivity index (χ0n) is 11.4. The van der Waals surface area contributed by atoms with Crippen LogP contribution in [-0.2, 0) is 0 Å². The second kappa shape index (κ2) is 5.35. The molecule has 0 amide bonds. The number of hydrogen-bond acceptors (Lipinski definition) is 2. The summed E-state index contributed by atoms with van der Waals surface area (Å²) in [7, 11) is 1.92. The molecule has 2 N–H and O–H groups in total. The predicted molar refractivity (Wildman–Crippen MR) is 83.0 cm³/mol. The summed E-state index contributed by atoms with van der Waals surface area (Å²) < 4.78 is 0.